The molecule has 0 radical (unpaired) electrons. The van der Waals surface area contributed by atoms with Crippen molar-refractivity contribution in [2.75, 3.05) is 0 Å². The second kappa shape index (κ2) is 9.83. The van der Waals surface area contributed by atoms with Gasteiger partial charge in [-0.1, -0.05) is 12.1 Å². The molecule has 192 valence electrons. The van der Waals surface area contributed by atoms with E-state index in [1.54, 1.807) is 18.0 Å². The molecule has 0 spiro atoms. The maximum Gasteiger partial charge on any atom is 0.490 e. The highest BCUT2D eigenvalue weighted by molar-refractivity contribution is 8.04. The molecule has 2 N–H and O–H groups in total. The fourth-order valence-corrected chi connectivity index (χ4v) is 6.78. The normalized spacial score (nSPS) is 13.2. The second-order valence-electron chi connectivity index (χ2n) is 7.32. The van der Waals surface area contributed by atoms with Gasteiger partial charge in [0.15, 0.2) is 0 Å². The molecule has 7 nitrogen and oxygen atoms in total. The van der Waals surface area contributed by atoms with Crippen LogP contribution in [0.4, 0.5) is 26.3 Å². The molecule has 1 aromatic carbocycles. The van der Waals surface area contributed by atoms with Crippen molar-refractivity contribution in [2.45, 2.75) is 55.3 Å². The first kappa shape index (κ1) is 29.9. The standard InChI is InChI=1S/C16H18F3NO4S3.C2HF3O2/c1-10-9-14(11(2)25-10)27(23,24)20-26(21,22)13-7-5-12(6-8-13)15(3,4)16(17,18)19;3-2(4,5)1(6)7/h5-9,20H,1-4H3;(H,6,7). The van der Waals surface area contributed by atoms with E-state index in [0.717, 1.165) is 38.1 Å². The maximum atomic E-state index is 13.1. The number of hydrogen-bond donors (Lipinski definition) is 2. The van der Waals surface area contributed by atoms with Crippen LogP contribution >= 0.6 is 11.3 Å². The Kier molecular flexibility index (Phi) is 8.63. The Morgan fingerprint density at radius 1 is 0.912 bits per heavy atom. The first-order chi connectivity index (χ1) is 15.0. The zero-order chi connectivity index (χ0) is 26.9. The minimum atomic E-state index is -5.08. The summed E-state index contributed by atoms with van der Waals surface area (Å²) in [6.07, 6.45) is -9.61. The summed E-state index contributed by atoms with van der Waals surface area (Å²) < 4.78 is 122. The van der Waals surface area contributed by atoms with Crippen LogP contribution in [-0.2, 0) is 30.3 Å². The van der Waals surface area contributed by atoms with Gasteiger partial charge in [0, 0.05) is 9.75 Å². The van der Waals surface area contributed by atoms with E-state index in [0.29, 0.717) is 9.75 Å². The van der Waals surface area contributed by atoms with E-state index in [2.05, 4.69) is 0 Å². The second-order valence-corrected chi connectivity index (χ2v) is 12.4. The van der Waals surface area contributed by atoms with Crippen LogP contribution in [0.1, 0.15) is 29.2 Å². The first-order valence-corrected chi connectivity index (χ1v) is 12.6. The lowest BCUT2D eigenvalue weighted by atomic mass is 9.84. The highest BCUT2D eigenvalue weighted by atomic mass is 32.3. The maximum absolute atomic E-state index is 13.1. The zero-order valence-electron chi connectivity index (χ0n) is 17.9. The molecule has 0 amide bonds. The van der Waals surface area contributed by atoms with Gasteiger partial charge < -0.3 is 5.11 Å². The molecule has 0 unspecified atom stereocenters. The molecule has 2 rings (SSSR count). The highest BCUT2D eigenvalue weighted by Crippen LogP contribution is 2.40. The number of aliphatic carboxylic acids is 1. The number of rotatable bonds is 5. The van der Waals surface area contributed by atoms with E-state index >= 15 is 0 Å². The molecular formula is C18H19F6NO6S3. The highest BCUT2D eigenvalue weighted by Gasteiger charge is 2.48. The van der Waals surface area contributed by atoms with Crippen molar-refractivity contribution in [1.29, 1.82) is 0 Å². The average Bonchev–Trinajstić information content (AvgIpc) is 2.99. The van der Waals surface area contributed by atoms with Gasteiger partial charge in [0.25, 0.3) is 20.0 Å². The Morgan fingerprint density at radius 3 is 1.68 bits per heavy atom. The number of alkyl halides is 6. The van der Waals surface area contributed by atoms with Crippen LogP contribution in [0.25, 0.3) is 0 Å². The van der Waals surface area contributed by atoms with Crippen LogP contribution in [-0.4, -0.2) is 40.3 Å². The molecule has 0 aliphatic carbocycles. The van der Waals surface area contributed by atoms with Crippen LogP contribution in [0, 0.1) is 13.8 Å². The minimum absolute atomic E-state index is 0.138. The van der Waals surface area contributed by atoms with Gasteiger partial charge in [-0.05, 0) is 51.5 Å². The van der Waals surface area contributed by atoms with E-state index in [9.17, 15) is 43.2 Å². The van der Waals surface area contributed by atoms with Gasteiger partial charge in [-0.15, -0.1) is 15.5 Å². The van der Waals surface area contributed by atoms with E-state index in [1.165, 1.54) is 17.4 Å². The molecule has 0 atom stereocenters. The van der Waals surface area contributed by atoms with Crippen LogP contribution in [0.2, 0.25) is 0 Å². The number of benzene rings is 1. The number of carboxylic acid groups (broad SMARTS) is 1. The number of carboxylic acids is 1. The van der Waals surface area contributed by atoms with Crippen molar-refractivity contribution < 1.29 is 53.1 Å². The Balaban J connectivity index is 0.000000718. The summed E-state index contributed by atoms with van der Waals surface area (Å²) in [5, 5.41) is 7.12. The van der Waals surface area contributed by atoms with Crippen LogP contribution in [0.5, 0.6) is 0 Å². The molecule has 0 saturated carbocycles. The quantitative estimate of drug-likeness (QED) is 0.525. The van der Waals surface area contributed by atoms with Gasteiger partial charge in [0.2, 0.25) is 0 Å². The zero-order valence-corrected chi connectivity index (χ0v) is 20.3. The molecule has 0 fully saturated rings. The number of thiophene rings is 1. The van der Waals surface area contributed by atoms with Crippen molar-refractivity contribution >= 4 is 37.4 Å². The summed E-state index contributed by atoms with van der Waals surface area (Å²) >= 11 is 1.20. The van der Waals surface area contributed by atoms with Crippen molar-refractivity contribution in [1.82, 2.24) is 4.13 Å². The fourth-order valence-electron chi connectivity index (χ4n) is 2.33. The van der Waals surface area contributed by atoms with E-state index in [1.807, 2.05) is 0 Å². The summed E-state index contributed by atoms with van der Waals surface area (Å²) in [5.74, 6) is -2.76. The van der Waals surface area contributed by atoms with E-state index < -0.39 is 48.7 Å². The van der Waals surface area contributed by atoms with Crippen LogP contribution < -0.4 is 4.13 Å². The van der Waals surface area contributed by atoms with Crippen molar-refractivity contribution in [2.24, 2.45) is 0 Å². The van der Waals surface area contributed by atoms with E-state index in [-0.39, 0.29) is 10.5 Å². The summed E-state index contributed by atoms with van der Waals surface area (Å²) in [6.45, 7) is 5.18. The third-order valence-electron chi connectivity index (χ3n) is 4.34. The van der Waals surface area contributed by atoms with Gasteiger partial charge in [-0.2, -0.15) is 26.3 Å². The fraction of sp³-hybridized carbons (Fsp3) is 0.389. The SMILES string of the molecule is Cc1cc(S(=O)(=O)NS(=O)(=O)c2ccc(C(C)(C)C(F)(F)F)cc2)c(C)s1.O=C(O)C(F)(F)F. The number of hydrogen-bond acceptors (Lipinski definition) is 6. The number of sulfonamides is 2. The van der Waals surface area contributed by atoms with Gasteiger partial charge >= 0.3 is 18.3 Å². The molecule has 1 heterocycles. The van der Waals surface area contributed by atoms with E-state index in [4.69, 9.17) is 9.90 Å². The molecule has 0 bridgehead atoms. The summed E-state index contributed by atoms with van der Waals surface area (Å²) in [7, 11) is -8.83. The lowest BCUT2D eigenvalue weighted by molar-refractivity contribution is -0.192. The minimum Gasteiger partial charge on any atom is -0.475 e. The first-order valence-electron chi connectivity index (χ1n) is 8.85. The molecule has 1 aromatic heterocycles. The Bertz CT molecular complexity index is 1240. The Hall–Kier alpha value is -2.17. The molecule has 16 heteroatoms. The van der Waals surface area contributed by atoms with Crippen molar-refractivity contribution in [3.05, 3.63) is 45.6 Å². The largest absolute Gasteiger partial charge is 0.490 e. The number of halogens is 6. The third-order valence-corrected chi connectivity index (χ3v) is 9.09. The van der Waals surface area contributed by atoms with Gasteiger partial charge in [-0.25, -0.2) is 21.6 Å². The molecule has 34 heavy (non-hydrogen) atoms. The monoisotopic (exact) mass is 555 g/mol. The molecule has 0 aliphatic rings. The Labute approximate surface area is 195 Å². The topological polar surface area (TPSA) is 118 Å². The smallest absolute Gasteiger partial charge is 0.475 e. The number of aryl methyl sites for hydroxylation is 2. The predicted molar refractivity (Wildman–Crippen MR) is 111 cm³/mol. The number of nitrogens with one attached hydrogen (secondary N) is 1. The van der Waals surface area contributed by atoms with Crippen molar-refractivity contribution in [3.8, 4) is 0 Å². The van der Waals surface area contributed by atoms with Gasteiger partial charge in [0.05, 0.1) is 15.2 Å². The van der Waals surface area contributed by atoms with Crippen LogP contribution in [0.3, 0.4) is 0 Å². The molecule has 2 aromatic rings. The van der Waals surface area contributed by atoms with Crippen molar-refractivity contribution in [3.63, 3.8) is 0 Å². The lowest BCUT2D eigenvalue weighted by Gasteiger charge is -2.28. The summed E-state index contributed by atoms with van der Waals surface area (Å²) in [6, 6.07) is 5.30. The average molecular weight is 556 g/mol. The van der Waals surface area contributed by atoms with Crippen LogP contribution in [0.15, 0.2) is 40.1 Å². The number of carbonyl (C=O) groups is 1. The lowest BCUT2D eigenvalue weighted by Crippen LogP contribution is -2.36. The summed E-state index contributed by atoms with van der Waals surface area (Å²) in [4.78, 5) is 9.43. The summed E-state index contributed by atoms with van der Waals surface area (Å²) in [5.41, 5.74) is -2.32. The molecule has 0 aliphatic heterocycles. The molecular weight excluding hydrogens is 536 g/mol. The molecule has 0 saturated heterocycles. The van der Waals surface area contributed by atoms with Gasteiger partial charge in [-0.3, -0.25) is 0 Å². The third kappa shape index (κ3) is 7.16. The predicted octanol–water partition coefficient (Wildman–Crippen LogP) is 4.51. The Morgan fingerprint density at radius 2 is 1.35 bits per heavy atom. The van der Waals surface area contributed by atoms with Gasteiger partial charge in [0.1, 0.15) is 0 Å².